The van der Waals surface area contributed by atoms with Crippen molar-refractivity contribution in [2.24, 2.45) is 0 Å². The summed E-state index contributed by atoms with van der Waals surface area (Å²) in [4.78, 5) is 13.4. The summed E-state index contributed by atoms with van der Waals surface area (Å²) in [6.07, 6.45) is 0. The van der Waals surface area contributed by atoms with E-state index in [1.165, 1.54) is 18.2 Å². The van der Waals surface area contributed by atoms with Crippen LogP contribution in [0.15, 0.2) is 36.4 Å². The Kier molecular flexibility index (Phi) is 2.78. The van der Waals surface area contributed by atoms with Crippen LogP contribution in [-0.4, -0.2) is 9.91 Å². The zero-order chi connectivity index (χ0) is 12.4. The molecule has 2 rings (SSSR count). The Morgan fingerprint density at radius 3 is 2.24 bits per heavy atom. The lowest BCUT2D eigenvalue weighted by Gasteiger charge is -2.00. The number of hydrogen-bond donors (Lipinski definition) is 0. The normalized spacial score (nSPS) is 10.2. The molecular weight excluding hydrogens is 230 g/mol. The van der Waals surface area contributed by atoms with E-state index < -0.39 is 22.4 Å². The van der Waals surface area contributed by atoms with Gasteiger partial charge in [0.1, 0.15) is 11.6 Å². The molecule has 6 heteroatoms. The van der Waals surface area contributed by atoms with Crippen LogP contribution in [0.1, 0.15) is 0 Å². The molecule has 0 unspecified atom stereocenters. The van der Waals surface area contributed by atoms with E-state index >= 15 is 0 Å². The largest absolute Gasteiger partial charge is 0.364 e. The van der Waals surface area contributed by atoms with Crippen molar-refractivity contribution in [3.8, 4) is 11.3 Å². The number of rotatable bonds is 2. The first-order valence-corrected chi connectivity index (χ1v) is 4.65. The molecule has 0 aliphatic heterocycles. The van der Waals surface area contributed by atoms with Gasteiger partial charge in [0.15, 0.2) is 5.69 Å². The highest BCUT2D eigenvalue weighted by Crippen LogP contribution is 2.25. The fourth-order valence-corrected chi connectivity index (χ4v) is 1.41. The average Bonchev–Trinajstić information content (AvgIpc) is 2.29. The molecule has 1 heterocycles. The van der Waals surface area contributed by atoms with Crippen LogP contribution in [0, 0.1) is 21.7 Å². The van der Waals surface area contributed by atoms with E-state index in [2.05, 4.69) is 4.98 Å². The van der Waals surface area contributed by atoms with Gasteiger partial charge >= 0.3 is 5.82 Å². The van der Waals surface area contributed by atoms with E-state index in [1.54, 1.807) is 0 Å². The topological polar surface area (TPSA) is 56.0 Å². The van der Waals surface area contributed by atoms with Crippen molar-refractivity contribution < 1.29 is 13.7 Å². The minimum atomic E-state index is -0.807. The summed E-state index contributed by atoms with van der Waals surface area (Å²) < 4.78 is 26.8. The third-order valence-corrected chi connectivity index (χ3v) is 2.14. The fourth-order valence-electron chi connectivity index (χ4n) is 1.41. The van der Waals surface area contributed by atoms with E-state index in [1.807, 2.05) is 0 Å². The van der Waals surface area contributed by atoms with Crippen LogP contribution in [0.5, 0.6) is 0 Å². The van der Waals surface area contributed by atoms with Crippen molar-refractivity contribution >= 4 is 5.82 Å². The summed E-state index contributed by atoms with van der Waals surface area (Å²) in [5, 5.41) is 10.5. The maximum Gasteiger partial charge on any atom is 0.364 e. The summed E-state index contributed by atoms with van der Waals surface area (Å²) in [6, 6.07) is 7.15. The van der Waals surface area contributed by atoms with Gasteiger partial charge in [-0.25, -0.2) is 8.78 Å². The van der Waals surface area contributed by atoms with Crippen molar-refractivity contribution in [2.75, 3.05) is 0 Å². The van der Waals surface area contributed by atoms with Gasteiger partial charge in [-0.15, -0.1) is 0 Å². The molecule has 86 valence electrons. The van der Waals surface area contributed by atoms with Crippen LogP contribution in [0.25, 0.3) is 11.3 Å². The third-order valence-electron chi connectivity index (χ3n) is 2.14. The first-order chi connectivity index (χ1) is 8.09. The fraction of sp³-hybridized carbons (Fsp3) is 0. The lowest BCUT2D eigenvalue weighted by molar-refractivity contribution is -0.389. The quantitative estimate of drug-likeness (QED) is 0.595. The SMILES string of the molecule is O=[N+]([O-])c1cccc(-c2c(F)cccc2F)n1. The molecule has 17 heavy (non-hydrogen) atoms. The molecular formula is C11H6F2N2O2. The van der Waals surface area contributed by atoms with Gasteiger partial charge in [0.2, 0.25) is 0 Å². The Labute approximate surface area is 94.7 Å². The number of aromatic nitrogens is 1. The van der Waals surface area contributed by atoms with E-state index in [4.69, 9.17) is 0 Å². The van der Waals surface area contributed by atoms with Crippen LogP contribution in [0.3, 0.4) is 0 Å². The van der Waals surface area contributed by atoms with Crippen molar-refractivity contribution in [1.29, 1.82) is 0 Å². The highest BCUT2D eigenvalue weighted by atomic mass is 19.1. The Balaban J connectivity index is 2.61. The monoisotopic (exact) mass is 236 g/mol. The van der Waals surface area contributed by atoms with E-state index in [0.29, 0.717) is 0 Å². The molecule has 0 saturated carbocycles. The maximum atomic E-state index is 13.4. The molecule has 0 aliphatic rings. The van der Waals surface area contributed by atoms with Crippen LogP contribution >= 0.6 is 0 Å². The molecule has 0 spiro atoms. The van der Waals surface area contributed by atoms with Gasteiger partial charge in [0.25, 0.3) is 0 Å². The number of pyridine rings is 1. The minimum Gasteiger partial charge on any atom is -0.358 e. The Morgan fingerprint density at radius 2 is 1.65 bits per heavy atom. The van der Waals surface area contributed by atoms with Gasteiger partial charge in [-0.3, -0.25) is 0 Å². The molecule has 0 fully saturated rings. The lowest BCUT2D eigenvalue weighted by Crippen LogP contribution is -1.96. The number of benzene rings is 1. The summed E-state index contributed by atoms with van der Waals surface area (Å²) in [5.74, 6) is -2.07. The van der Waals surface area contributed by atoms with E-state index in [9.17, 15) is 18.9 Å². The standard InChI is InChI=1S/C11H6F2N2O2/c12-7-3-1-4-8(13)11(7)9-5-2-6-10(14-9)15(16)17/h1-6H. The third kappa shape index (κ3) is 2.10. The highest BCUT2D eigenvalue weighted by Gasteiger charge is 2.18. The summed E-state index contributed by atoms with van der Waals surface area (Å²) in [7, 11) is 0. The number of halogens is 2. The average molecular weight is 236 g/mol. The van der Waals surface area contributed by atoms with Gasteiger partial charge in [-0.1, -0.05) is 6.07 Å². The van der Waals surface area contributed by atoms with E-state index in [-0.39, 0.29) is 11.3 Å². The van der Waals surface area contributed by atoms with Crippen LogP contribution < -0.4 is 0 Å². The zero-order valence-corrected chi connectivity index (χ0v) is 8.43. The number of nitro groups is 1. The molecule has 1 aromatic heterocycles. The maximum absolute atomic E-state index is 13.4. The molecule has 0 bridgehead atoms. The van der Waals surface area contributed by atoms with Gasteiger partial charge in [0, 0.05) is 6.07 Å². The van der Waals surface area contributed by atoms with Gasteiger partial charge < -0.3 is 10.1 Å². The van der Waals surface area contributed by atoms with Crippen molar-refractivity contribution in [2.45, 2.75) is 0 Å². The molecule has 0 aliphatic carbocycles. The second kappa shape index (κ2) is 4.25. The van der Waals surface area contributed by atoms with Crippen LogP contribution in [0.4, 0.5) is 14.6 Å². The van der Waals surface area contributed by atoms with Crippen LogP contribution in [0.2, 0.25) is 0 Å². The van der Waals surface area contributed by atoms with Crippen LogP contribution in [-0.2, 0) is 0 Å². The molecule has 2 aromatic rings. The second-order valence-electron chi connectivity index (χ2n) is 3.23. The summed E-state index contributed by atoms with van der Waals surface area (Å²) in [5.41, 5.74) is -0.467. The van der Waals surface area contributed by atoms with Gasteiger partial charge in [0.05, 0.1) is 5.56 Å². The summed E-state index contributed by atoms with van der Waals surface area (Å²) in [6.45, 7) is 0. The second-order valence-corrected chi connectivity index (χ2v) is 3.23. The zero-order valence-electron chi connectivity index (χ0n) is 8.43. The first-order valence-electron chi connectivity index (χ1n) is 4.65. The van der Waals surface area contributed by atoms with Crippen molar-refractivity contribution in [3.05, 3.63) is 58.1 Å². The van der Waals surface area contributed by atoms with E-state index in [0.717, 1.165) is 18.2 Å². The highest BCUT2D eigenvalue weighted by molar-refractivity contribution is 5.61. The molecule has 4 nitrogen and oxygen atoms in total. The molecule has 0 saturated heterocycles. The number of nitrogens with zero attached hydrogens (tertiary/aromatic N) is 2. The number of hydrogen-bond acceptors (Lipinski definition) is 3. The smallest absolute Gasteiger partial charge is 0.358 e. The van der Waals surface area contributed by atoms with Crippen molar-refractivity contribution in [3.63, 3.8) is 0 Å². The molecule has 0 amide bonds. The summed E-state index contributed by atoms with van der Waals surface area (Å²) >= 11 is 0. The van der Waals surface area contributed by atoms with Gasteiger partial charge in [-0.2, -0.15) is 0 Å². The Morgan fingerprint density at radius 1 is 1.06 bits per heavy atom. The molecule has 0 N–H and O–H groups in total. The first kappa shape index (κ1) is 11.1. The van der Waals surface area contributed by atoms with Gasteiger partial charge in [-0.05, 0) is 34.2 Å². The predicted octanol–water partition coefficient (Wildman–Crippen LogP) is 2.94. The Hall–Kier alpha value is -2.37. The minimum absolute atomic E-state index is 0.102. The molecule has 1 aromatic carbocycles. The lowest BCUT2D eigenvalue weighted by atomic mass is 10.1. The predicted molar refractivity (Wildman–Crippen MR) is 56.2 cm³/mol. The molecule has 0 radical (unpaired) electrons. The van der Waals surface area contributed by atoms with Crippen molar-refractivity contribution in [1.82, 2.24) is 4.98 Å². The molecule has 0 atom stereocenters. The Bertz CT molecular complexity index is 567.